The Bertz CT molecular complexity index is 330. The summed E-state index contributed by atoms with van der Waals surface area (Å²) >= 11 is 0. The predicted octanol–water partition coefficient (Wildman–Crippen LogP) is 0.695. The Morgan fingerprint density at radius 1 is 1.46 bits per heavy atom. The Kier molecular flexibility index (Phi) is 2.14. The first kappa shape index (κ1) is 8.44. The van der Waals surface area contributed by atoms with Crippen molar-refractivity contribution in [3.8, 4) is 0 Å². The van der Waals surface area contributed by atoms with Crippen LogP contribution in [0.2, 0.25) is 0 Å². The molecule has 0 spiro atoms. The number of nitrogens with two attached hydrogens (primary N) is 1. The van der Waals surface area contributed by atoms with Gasteiger partial charge in [0.2, 0.25) is 0 Å². The lowest BCUT2D eigenvalue weighted by Gasteiger charge is -2.07. The van der Waals surface area contributed by atoms with Crippen LogP contribution in [-0.4, -0.2) is 17.5 Å². The minimum atomic E-state index is 0.158. The van der Waals surface area contributed by atoms with Gasteiger partial charge in [-0.25, -0.2) is 0 Å². The fourth-order valence-corrected chi connectivity index (χ4v) is 1.69. The number of carbonyl (C=O) groups is 1. The van der Waals surface area contributed by atoms with Gasteiger partial charge in [0.15, 0.2) is 5.78 Å². The van der Waals surface area contributed by atoms with Crippen LogP contribution >= 0.6 is 0 Å². The van der Waals surface area contributed by atoms with Gasteiger partial charge in [-0.3, -0.25) is 4.79 Å². The van der Waals surface area contributed by atoms with Gasteiger partial charge in [-0.2, -0.15) is 0 Å². The molecule has 0 saturated carbocycles. The first-order valence-electron chi connectivity index (χ1n) is 4.53. The Morgan fingerprint density at radius 2 is 2.31 bits per heavy atom. The lowest BCUT2D eigenvalue weighted by Crippen LogP contribution is -2.12. The van der Waals surface area contributed by atoms with E-state index in [4.69, 9.17) is 10.3 Å². The van der Waals surface area contributed by atoms with E-state index in [1.807, 2.05) is 0 Å². The van der Waals surface area contributed by atoms with Gasteiger partial charge < -0.3 is 10.3 Å². The normalized spacial score (nSPS) is 15.9. The topological polar surface area (TPSA) is 69.1 Å². The van der Waals surface area contributed by atoms with Crippen LogP contribution in [0.25, 0.3) is 0 Å². The third-order valence-electron chi connectivity index (χ3n) is 2.30. The van der Waals surface area contributed by atoms with Crippen LogP contribution < -0.4 is 5.73 Å². The van der Waals surface area contributed by atoms with Crippen molar-refractivity contribution in [2.75, 3.05) is 6.54 Å². The number of Topliss-reactive ketones (excluding diaryl/α,β-unsaturated/α-hetero) is 1. The molecule has 2 N–H and O–H groups in total. The molecule has 0 atom stereocenters. The van der Waals surface area contributed by atoms with Crippen molar-refractivity contribution >= 4 is 5.78 Å². The Hall–Kier alpha value is -1.16. The first-order chi connectivity index (χ1) is 6.33. The summed E-state index contributed by atoms with van der Waals surface area (Å²) in [5.74, 6) is 0.908. The molecule has 0 radical (unpaired) electrons. The number of nitrogens with zero attached hydrogens (tertiary/aromatic N) is 1. The number of hydrogen-bond donors (Lipinski definition) is 1. The molecule has 0 aromatic carbocycles. The molecule has 0 amide bonds. The van der Waals surface area contributed by atoms with Gasteiger partial charge in [0.1, 0.15) is 5.76 Å². The van der Waals surface area contributed by atoms with Gasteiger partial charge in [0.25, 0.3) is 0 Å². The molecule has 0 saturated heterocycles. The van der Waals surface area contributed by atoms with Gasteiger partial charge in [-0.1, -0.05) is 5.16 Å². The molecule has 4 heteroatoms. The molecule has 1 heterocycles. The van der Waals surface area contributed by atoms with Gasteiger partial charge in [0.05, 0.1) is 11.3 Å². The Balaban J connectivity index is 2.38. The maximum Gasteiger partial charge on any atom is 0.168 e. The second-order valence-corrected chi connectivity index (χ2v) is 3.24. The summed E-state index contributed by atoms with van der Waals surface area (Å²) < 4.78 is 5.08. The molecule has 13 heavy (non-hydrogen) atoms. The maximum absolute atomic E-state index is 11.5. The van der Waals surface area contributed by atoms with Gasteiger partial charge in [0, 0.05) is 19.3 Å². The van der Waals surface area contributed by atoms with Crippen molar-refractivity contribution in [1.29, 1.82) is 0 Å². The smallest absolute Gasteiger partial charge is 0.168 e. The van der Waals surface area contributed by atoms with Crippen molar-refractivity contribution in [1.82, 2.24) is 5.16 Å². The zero-order valence-corrected chi connectivity index (χ0v) is 7.38. The summed E-state index contributed by atoms with van der Waals surface area (Å²) in [6, 6.07) is 0. The molecule has 4 nitrogen and oxygen atoms in total. The van der Waals surface area contributed by atoms with Gasteiger partial charge >= 0.3 is 0 Å². The zero-order valence-electron chi connectivity index (χ0n) is 7.38. The van der Waals surface area contributed by atoms with Crippen molar-refractivity contribution in [2.24, 2.45) is 5.73 Å². The van der Waals surface area contributed by atoms with E-state index in [9.17, 15) is 4.79 Å². The highest BCUT2D eigenvalue weighted by Gasteiger charge is 2.25. The highest BCUT2D eigenvalue weighted by molar-refractivity contribution is 5.98. The molecule has 0 unspecified atom stereocenters. The lowest BCUT2D eigenvalue weighted by atomic mass is 9.94. The largest absolute Gasteiger partial charge is 0.360 e. The van der Waals surface area contributed by atoms with Gasteiger partial charge in [-0.15, -0.1) is 0 Å². The molecule has 0 fully saturated rings. The number of fused-ring (bicyclic) bond motifs is 1. The number of rotatable bonds is 2. The summed E-state index contributed by atoms with van der Waals surface area (Å²) in [6.45, 7) is 0.506. The molecular formula is C9H12N2O2. The molecular weight excluding hydrogens is 168 g/mol. The number of aromatic nitrogens is 1. The Labute approximate surface area is 76.1 Å². The van der Waals surface area contributed by atoms with E-state index < -0.39 is 0 Å². The molecule has 1 aromatic rings. The SMILES string of the molecule is NCCc1noc2c1C(=O)CCC2. The zero-order chi connectivity index (χ0) is 9.26. The average molecular weight is 180 g/mol. The monoisotopic (exact) mass is 180 g/mol. The molecule has 0 bridgehead atoms. The van der Waals surface area contributed by atoms with Crippen molar-refractivity contribution in [3.05, 3.63) is 17.0 Å². The second-order valence-electron chi connectivity index (χ2n) is 3.24. The maximum atomic E-state index is 11.5. The number of aryl methyl sites for hydroxylation is 1. The van der Waals surface area contributed by atoms with E-state index >= 15 is 0 Å². The average Bonchev–Trinajstić information content (AvgIpc) is 2.51. The van der Waals surface area contributed by atoms with E-state index in [1.165, 1.54) is 0 Å². The summed E-state index contributed by atoms with van der Waals surface area (Å²) in [7, 11) is 0. The second kappa shape index (κ2) is 3.30. The summed E-state index contributed by atoms with van der Waals surface area (Å²) in [5.41, 5.74) is 6.85. The van der Waals surface area contributed by atoms with Crippen molar-refractivity contribution in [2.45, 2.75) is 25.7 Å². The van der Waals surface area contributed by atoms with Gasteiger partial charge in [-0.05, 0) is 13.0 Å². The van der Waals surface area contributed by atoms with E-state index in [0.29, 0.717) is 24.9 Å². The van der Waals surface area contributed by atoms with Crippen molar-refractivity contribution in [3.63, 3.8) is 0 Å². The van der Waals surface area contributed by atoms with Crippen LogP contribution in [0.4, 0.5) is 0 Å². The molecule has 1 aromatic heterocycles. The third-order valence-corrected chi connectivity index (χ3v) is 2.30. The molecule has 0 aliphatic heterocycles. The van der Waals surface area contributed by atoms with E-state index in [2.05, 4.69) is 5.16 Å². The standard InChI is InChI=1S/C9H12N2O2/c10-5-4-6-9-7(12)2-1-3-8(9)13-11-6/h1-5,10H2. The van der Waals surface area contributed by atoms with E-state index in [1.54, 1.807) is 0 Å². The number of hydrogen-bond acceptors (Lipinski definition) is 4. The van der Waals surface area contributed by atoms with Crippen LogP contribution in [0.15, 0.2) is 4.52 Å². The van der Waals surface area contributed by atoms with Crippen LogP contribution in [0.3, 0.4) is 0 Å². The first-order valence-corrected chi connectivity index (χ1v) is 4.53. The highest BCUT2D eigenvalue weighted by atomic mass is 16.5. The fourth-order valence-electron chi connectivity index (χ4n) is 1.69. The van der Waals surface area contributed by atoms with Crippen LogP contribution in [-0.2, 0) is 12.8 Å². The summed E-state index contributed by atoms with van der Waals surface area (Å²) in [4.78, 5) is 11.5. The molecule has 1 aliphatic carbocycles. The quantitative estimate of drug-likeness (QED) is 0.727. The minimum absolute atomic E-state index is 0.158. The summed E-state index contributed by atoms with van der Waals surface area (Å²) in [5, 5.41) is 3.86. The molecule has 2 rings (SSSR count). The third kappa shape index (κ3) is 1.37. The minimum Gasteiger partial charge on any atom is -0.360 e. The molecule has 70 valence electrons. The fraction of sp³-hybridized carbons (Fsp3) is 0.556. The molecule has 1 aliphatic rings. The van der Waals surface area contributed by atoms with E-state index in [-0.39, 0.29) is 5.78 Å². The number of ketones is 1. The van der Waals surface area contributed by atoms with Crippen molar-refractivity contribution < 1.29 is 9.32 Å². The van der Waals surface area contributed by atoms with E-state index in [0.717, 1.165) is 24.3 Å². The number of carbonyl (C=O) groups excluding carboxylic acids is 1. The van der Waals surface area contributed by atoms with Crippen LogP contribution in [0.1, 0.15) is 34.7 Å². The lowest BCUT2D eigenvalue weighted by molar-refractivity contribution is 0.0968. The van der Waals surface area contributed by atoms with Crippen LogP contribution in [0.5, 0.6) is 0 Å². The highest BCUT2D eigenvalue weighted by Crippen LogP contribution is 2.24. The summed E-state index contributed by atoms with van der Waals surface area (Å²) in [6.07, 6.45) is 2.96. The predicted molar refractivity (Wildman–Crippen MR) is 46.5 cm³/mol. The Morgan fingerprint density at radius 3 is 3.08 bits per heavy atom. The van der Waals surface area contributed by atoms with Crippen LogP contribution in [0, 0.1) is 0 Å².